The Balaban J connectivity index is 0.000000357. The summed E-state index contributed by atoms with van der Waals surface area (Å²) >= 11 is 0. The van der Waals surface area contributed by atoms with Crippen molar-refractivity contribution in [3.05, 3.63) is 12.2 Å². The number of amides is 2. The third-order valence-corrected chi connectivity index (χ3v) is 3.20. The van der Waals surface area contributed by atoms with Crippen molar-refractivity contribution in [3.63, 3.8) is 0 Å². The van der Waals surface area contributed by atoms with E-state index in [2.05, 4.69) is 0 Å². The van der Waals surface area contributed by atoms with Crippen molar-refractivity contribution in [2.24, 2.45) is 11.7 Å². The minimum Gasteiger partial charge on any atom is -0.395 e. The molecule has 18 heavy (non-hydrogen) atoms. The summed E-state index contributed by atoms with van der Waals surface area (Å²) < 4.78 is 0. The maximum Gasteiger partial charge on any atom is 0.253 e. The number of hydrogen-bond acceptors (Lipinski definition) is 4. The van der Waals surface area contributed by atoms with Gasteiger partial charge in [-0.3, -0.25) is 14.5 Å². The molecule has 1 aliphatic carbocycles. The molecule has 0 spiro atoms. The maximum atomic E-state index is 11.3. The molecule has 0 unspecified atom stereocenters. The molecule has 5 heteroatoms. The van der Waals surface area contributed by atoms with Gasteiger partial charge in [-0.2, -0.15) is 0 Å². The fraction of sp³-hybridized carbons (Fsp3) is 0.692. The van der Waals surface area contributed by atoms with E-state index in [-0.39, 0.29) is 18.4 Å². The monoisotopic (exact) mass is 254 g/mol. The molecule has 2 rings (SSSR count). The van der Waals surface area contributed by atoms with Crippen LogP contribution in [0.1, 0.15) is 32.1 Å². The van der Waals surface area contributed by atoms with Crippen molar-refractivity contribution in [3.8, 4) is 0 Å². The van der Waals surface area contributed by atoms with E-state index in [9.17, 15) is 9.59 Å². The van der Waals surface area contributed by atoms with Crippen LogP contribution in [-0.4, -0.2) is 41.5 Å². The van der Waals surface area contributed by atoms with Crippen molar-refractivity contribution < 1.29 is 14.7 Å². The normalized spacial score (nSPS) is 20.0. The number of rotatable bonds is 3. The lowest BCUT2D eigenvalue weighted by atomic mass is 9.89. The van der Waals surface area contributed by atoms with E-state index in [0.717, 1.165) is 12.8 Å². The van der Waals surface area contributed by atoms with Crippen LogP contribution in [0, 0.1) is 5.92 Å². The Labute approximate surface area is 108 Å². The SMILES string of the molecule is NCCO.O=C1C=CC(=O)N1CC1CCCCC1. The summed E-state index contributed by atoms with van der Waals surface area (Å²) in [5, 5.41) is 7.75. The van der Waals surface area contributed by atoms with Gasteiger partial charge in [0.25, 0.3) is 11.8 Å². The Hall–Kier alpha value is -1.20. The van der Waals surface area contributed by atoms with Gasteiger partial charge in [0.05, 0.1) is 6.61 Å². The average molecular weight is 254 g/mol. The molecule has 0 aromatic carbocycles. The maximum absolute atomic E-state index is 11.3. The highest BCUT2D eigenvalue weighted by molar-refractivity contribution is 6.12. The van der Waals surface area contributed by atoms with Gasteiger partial charge in [0.15, 0.2) is 0 Å². The standard InChI is InChI=1S/C11H15NO2.C2H7NO/c13-10-6-7-11(14)12(10)8-9-4-2-1-3-5-9;3-1-2-4/h6-7,9H,1-5,8H2;4H,1-3H2. The van der Waals surface area contributed by atoms with Crippen LogP contribution in [0.4, 0.5) is 0 Å². The number of nitrogens with two attached hydrogens (primary N) is 1. The molecular formula is C13H22N2O3. The van der Waals surface area contributed by atoms with Crippen LogP contribution < -0.4 is 5.73 Å². The van der Waals surface area contributed by atoms with Crippen molar-refractivity contribution in [2.45, 2.75) is 32.1 Å². The lowest BCUT2D eigenvalue weighted by Gasteiger charge is -2.25. The molecule has 0 atom stereocenters. The Bertz CT molecular complexity index is 289. The second kappa shape index (κ2) is 8.00. The van der Waals surface area contributed by atoms with Gasteiger partial charge < -0.3 is 10.8 Å². The molecule has 2 amide bonds. The molecule has 102 valence electrons. The minimum atomic E-state index is -0.138. The number of carbonyl (C=O) groups is 2. The molecule has 3 N–H and O–H groups in total. The first kappa shape index (κ1) is 14.9. The number of nitrogens with zero attached hydrogens (tertiary/aromatic N) is 1. The first-order chi connectivity index (χ1) is 8.69. The fourth-order valence-corrected chi connectivity index (χ4v) is 2.24. The second-order valence-corrected chi connectivity index (χ2v) is 4.64. The van der Waals surface area contributed by atoms with Crippen molar-refractivity contribution in [1.82, 2.24) is 4.90 Å². The van der Waals surface area contributed by atoms with Crippen LogP contribution in [0.25, 0.3) is 0 Å². The summed E-state index contributed by atoms with van der Waals surface area (Å²) in [6, 6.07) is 0. The summed E-state index contributed by atoms with van der Waals surface area (Å²) in [5.74, 6) is 0.262. The molecule has 5 nitrogen and oxygen atoms in total. The number of carbonyl (C=O) groups excluding carboxylic acids is 2. The van der Waals surface area contributed by atoms with E-state index in [1.807, 2.05) is 0 Å². The summed E-state index contributed by atoms with van der Waals surface area (Å²) in [7, 11) is 0. The van der Waals surface area contributed by atoms with E-state index in [0.29, 0.717) is 19.0 Å². The average Bonchev–Trinajstić information content (AvgIpc) is 2.72. The Kier molecular flexibility index (Phi) is 6.60. The van der Waals surface area contributed by atoms with Gasteiger partial charge in [-0.15, -0.1) is 0 Å². The van der Waals surface area contributed by atoms with Crippen LogP contribution in [0.15, 0.2) is 12.2 Å². The predicted octanol–water partition coefficient (Wildman–Crippen LogP) is 0.429. The highest BCUT2D eigenvalue weighted by atomic mass is 16.3. The summed E-state index contributed by atoms with van der Waals surface area (Å²) in [6.45, 7) is 1.10. The van der Waals surface area contributed by atoms with Crippen molar-refractivity contribution in [1.29, 1.82) is 0 Å². The molecule has 0 aromatic rings. The summed E-state index contributed by atoms with van der Waals surface area (Å²) in [5.41, 5.74) is 4.78. The zero-order chi connectivity index (χ0) is 13.4. The third kappa shape index (κ3) is 4.58. The van der Waals surface area contributed by atoms with Crippen LogP contribution in [0.3, 0.4) is 0 Å². The van der Waals surface area contributed by atoms with Gasteiger partial charge >= 0.3 is 0 Å². The Morgan fingerprint density at radius 3 is 2.11 bits per heavy atom. The van der Waals surface area contributed by atoms with Crippen molar-refractivity contribution in [2.75, 3.05) is 19.7 Å². The van der Waals surface area contributed by atoms with E-state index >= 15 is 0 Å². The molecule has 1 aliphatic heterocycles. The largest absolute Gasteiger partial charge is 0.395 e. The highest BCUT2D eigenvalue weighted by Crippen LogP contribution is 2.25. The molecular weight excluding hydrogens is 232 g/mol. The van der Waals surface area contributed by atoms with Gasteiger partial charge in [-0.25, -0.2) is 0 Å². The predicted molar refractivity (Wildman–Crippen MR) is 68.6 cm³/mol. The Morgan fingerprint density at radius 1 is 1.17 bits per heavy atom. The Morgan fingerprint density at radius 2 is 1.67 bits per heavy atom. The van der Waals surface area contributed by atoms with Gasteiger partial charge in [0.2, 0.25) is 0 Å². The van der Waals surface area contributed by atoms with Crippen molar-refractivity contribution >= 4 is 11.8 Å². The first-order valence-corrected chi connectivity index (χ1v) is 6.53. The number of hydrogen-bond donors (Lipinski definition) is 2. The van der Waals surface area contributed by atoms with Crippen LogP contribution in [0.2, 0.25) is 0 Å². The zero-order valence-electron chi connectivity index (χ0n) is 10.7. The quantitative estimate of drug-likeness (QED) is 0.715. The lowest BCUT2D eigenvalue weighted by molar-refractivity contribution is -0.137. The molecule has 0 bridgehead atoms. The van der Waals surface area contributed by atoms with E-state index in [1.54, 1.807) is 0 Å². The summed E-state index contributed by atoms with van der Waals surface area (Å²) in [4.78, 5) is 23.9. The van der Waals surface area contributed by atoms with E-state index in [1.165, 1.54) is 36.3 Å². The lowest BCUT2D eigenvalue weighted by Crippen LogP contribution is -2.35. The van der Waals surface area contributed by atoms with E-state index in [4.69, 9.17) is 10.8 Å². The molecule has 0 aromatic heterocycles. The van der Waals surface area contributed by atoms with Crippen LogP contribution in [0.5, 0.6) is 0 Å². The van der Waals surface area contributed by atoms with Gasteiger partial charge in [-0.1, -0.05) is 19.3 Å². The van der Waals surface area contributed by atoms with Gasteiger partial charge in [0.1, 0.15) is 0 Å². The molecule has 0 saturated heterocycles. The number of aliphatic hydroxyl groups is 1. The first-order valence-electron chi connectivity index (χ1n) is 6.53. The van der Waals surface area contributed by atoms with Gasteiger partial charge in [-0.05, 0) is 18.8 Å². The number of aliphatic hydroxyl groups excluding tert-OH is 1. The van der Waals surface area contributed by atoms with Gasteiger partial charge in [0, 0.05) is 25.2 Å². The van der Waals surface area contributed by atoms with Crippen LogP contribution >= 0.6 is 0 Å². The highest BCUT2D eigenvalue weighted by Gasteiger charge is 2.26. The fourth-order valence-electron chi connectivity index (χ4n) is 2.24. The summed E-state index contributed by atoms with van der Waals surface area (Å²) in [6.07, 6.45) is 8.85. The molecule has 1 fully saturated rings. The molecule has 2 aliphatic rings. The second-order valence-electron chi connectivity index (χ2n) is 4.64. The topological polar surface area (TPSA) is 83.6 Å². The third-order valence-electron chi connectivity index (χ3n) is 3.20. The molecule has 1 saturated carbocycles. The minimum absolute atomic E-state index is 0.0972. The zero-order valence-corrected chi connectivity index (χ0v) is 10.7. The van der Waals surface area contributed by atoms with Crippen LogP contribution in [-0.2, 0) is 9.59 Å². The van der Waals surface area contributed by atoms with E-state index < -0.39 is 0 Å². The number of imide groups is 1. The molecule has 0 radical (unpaired) electrons. The molecule has 1 heterocycles. The smallest absolute Gasteiger partial charge is 0.253 e.